The van der Waals surface area contributed by atoms with E-state index in [9.17, 15) is 14.4 Å². The Morgan fingerprint density at radius 1 is 1.07 bits per heavy atom. The van der Waals surface area contributed by atoms with Crippen LogP contribution in [0.25, 0.3) is 0 Å². The van der Waals surface area contributed by atoms with E-state index in [0.717, 1.165) is 28.9 Å². The Morgan fingerprint density at radius 3 is 2.72 bits per heavy atom. The maximum atomic E-state index is 13.3. The van der Waals surface area contributed by atoms with Crippen LogP contribution in [0.15, 0.2) is 42.5 Å². The molecule has 1 N–H and O–H groups in total. The third-order valence-electron chi connectivity index (χ3n) is 5.82. The molecule has 0 aromatic heterocycles. The van der Waals surface area contributed by atoms with E-state index < -0.39 is 11.6 Å². The second-order valence-electron chi connectivity index (χ2n) is 7.52. The first-order chi connectivity index (χ1) is 14.1. The molecule has 148 valence electrons. The van der Waals surface area contributed by atoms with Crippen molar-refractivity contribution in [3.63, 3.8) is 0 Å². The first kappa shape index (κ1) is 17.7. The highest BCUT2D eigenvalue weighted by molar-refractivity contribution is 6.11. The number of fused-ring (bicyclic) bond motifs is 3. The van der Waals surface area contributed by atoms with Crippen LogP contribution in [0.2, 0.25) is 0 Å². The number of carbonyl (C=O) groups excluding carboxylic acids is 3. The van der Waals surface area contributed by atoms with Gasteiger partial charge in [0.05, 0.1) is 6.54 Å². The lowest BCUT2D eigenvalue weighted by molar-refractivity contribution is -0.131. The van der Waals surface area contributed by atoms with Crippen LogP contribution >= 0.6 is 0 Å². The van der Waals surface area contributed by atoms with Crippen molar-refractivity contribution in [3.8, 4) is 11.5 Å². The summed E-state index contributed by atoms with van der Waals surface area (Å²) in [5.74, 6) is 0.393. The van der Waals surface area contributed by atoms with E-state index in [1.54, 1.807) is 18.2 Å². The smallest absolute Gasteiger partial charge is 0.325 e. The summed E-state index contributed by atoms with van der Waals surface area (Å²) in [4.78, 5) is 39.8. The highest BCUT2D eigenvalue weighted by Crippen LogP contribution is 2.40. The Bertz CT molecular complexity index is 1030. The van der Waals surface area contributed by atoms with Gasteiger partial charge in [0.1, 0.15) is 18.8 Å². The van der Waals surface area contributed by atoms with Gasteiger partial charge in [-0.3, -0.25) is 14.5 Å². The van der Waals surface area contributed by atoms with E-state index in [1.807, 2.05) is 24.3 Å². The molecule has 7 heteroatoms. The van der Waals surface area contributed by atoms with Crippen molar-refractivity contribution in [3.05, 3.63) is 59.2 Å². The fourth-order valence-electron chi connectivity index (χ4n) is 4.41. The number of carbonyl (C=O) groups is 3. The number of hydrogen-bond acceptors (Lipinski definition) is 5. The molecule has 2 aromatic carbocycles. The number of aryl methyl sites for hydroxylation is 1. The van der Waals surface area contributed by atoms with E-state index >= 15 is 0 Å². The van der Waals surface area contributed by atoms with E-state index in [2.05, 4.69) is 5.32 Å². The number of rotatable bonds is 3. The second-order valence-corrected chi connectivity index (χ2v) is 7.52. The molecule has 2 heterocycles. The number of nitrogens with zero attached hydrogens (tertiary/aromatic N) is 1. The molecule has 3 aliphatic rings. The third kappa shape index (κ3) is 2.76. The average molecular weight is 392 g/mol. The molecule has 1 spiro atoms. The van der Waals surface area contributed by atoms with Gasteiger partial charge in [-0.25, -0.2) is 4.79 Å². The fraction of sp³-hybridized carbons (Fsp3) is 0.318. The highest BCUT2D eigenvalue weighted by Gasteiger charge is 2.54. The van der Waals surface area contributed by atoms with Crippen LogP contribution < -0.4 is 14.8 Å². The number of imide groups is 1. The lowest BCUT2D eigenvalue weighted by Gasteiger charge is -2.33. The molecule has 0 radical (unpaired) electrons. The van der Waals surface area contributed by atoms with Crippen molar-refractivity contribution >= 4 is 17.7 Å². The fourth-order valence-corrected chi connectivity index (χ4v) is 4.41. The van der Waals surface area contributed by atoms with Gasteiger partial charge in [-0.1, -0.05) is 24.3 Å². The minimum Gasteiger partial charge on any atom is -0.486 e. The van der Waals surface area contributed by atoms with Gasteiger partial charge in [0, 0.05) is 5.56 Å². The number of Topliss-reactive ketones (excluding diaryl/α,β-unsaturated/α-hetero) is 1. The molecule has 1 atom stereocenters. The molecule has 0 bridgehead atoms. The molecule has 1 fully saturated rings. The van der Waals surface area contributed by atoms with Gasteiger partial charge in [0.2, 0.25) is 0 Å². The van der Waals surface area contributed by atoms with Crippen LogP contribution in [0.5, 0.6) is 11.5 Å². The lowest BCUT2D eigenvalue weighted by Crippen LogP contribution is -2.46. The van der Waals surface area contributed by atoms with Crippen LogP contribution in [0.1, 0.15) is 34.3 Å². The standard InChI is InChI=1S/C22H20N2O5/c25-17(15-7-8-18-19(12-15)29-11-10-28-18)13-24-20(26)22(23-21(24)27)9-3-5-14-4-1-2-6-16(14)22/h1-2,4,6-8,12H,3,5,9-11,13H2,(H,23,27)/t22-/m1/s1. The molecule has 2 aromatic rings. The van der Waals surface area contributed by atoms with Crippen LogP contribution in [-0.2, 0) is 16.8 Å². The number of benzene rings is 2. The summed E-state index contributed by atoms with van der Waals surface area (Å²) >= 11 is 0. The number of urea groups is 1. The van der Waals surface area contributed by atoms with Crippen LogP contribution in [0.4, 0.5) is 4.79 Å². The normalized spacial score (nSPS) is 22.4. The topological polar surface area (TPSA) is 84.9 Å². The summed E-state index contributed by atoms with van der Waals surface area (Å²) in [6, 6.07) is 12.0. The maximum Gasteiger partial charge on any atom is 0.325 e. The number of amides is 3. The molecule has 0 saturated carbocycles. The molecule has 29 heavy (non-hydrogen) atoms. The van der Waals surface area contributed by atoms with Gasteiger partial charge >= 0.3 is 6.03 Å². The zero-order valence-electron chi connectivity index (χ0n) is 15.8. The van der Waals surface area contributed by atoms with Gasteiger partial charge in [0.15, 0.2) is 17.3 Å². The van der Waals surface area contributed by atoms with Gasteiger partial charge in [-0.15, -0.1) is 0 Å². The first-order valence-electron chi connectivity index (χ1n) is 9.74. The quantitative estimate of drug-likeness (QED) is 0.641. The molecule has 5 rings (SSSR count). The monoisotopic (exact) mass is 392 g/mol. The van der Waals surface area contributed by atoms with Crippen LogP contribution in [-0.4, -0.2) is 42.4 Å². The number of ketones is 1. The molecular weight excluding hydrogens is 372 g/mol. The van der Waals surface area contributed by atoms with Crippen LogP contribution in [0.3, 0.4) is 0 Å². The SMILES string of the molecule is O=C(CN1C(=O)N[C@@]2(CCCc3ccccc32)C1=O)c1ccc2c(c1)OCCO2. The lowest BCUT2D eigenvalue weighted by atomic mass is 9.76. The van der Waals surface area contributed by atoms with E-state index in [1.165, 1.54) is 0 Å². The summed E-state index contributed by atoms with van der Waals surface area (Å²) in [6.07, 6.45) is 2.20. The Morgan fingerprint density at radius 2 is 1.86 bits per heavy atom. The molecule has 2 aliphatic heterocycles. The van der Waals surface area contributed by atoms with Crippen molar-refractivity contribution in [2.75, 3.05) is 19.8 Å². The average Bonchev–Trinajstić information content (AvgIpc) is 2.98. The Hall–Kier alpha value is -3.35. The Labute approximate surface area is 167 Å². The molecule has 1 aliphatic carbocycles. The molecule has 0 unspecified atom stereocenters. The summed E-state index contributed by atoms with van der Waals surface area (Å²) in [6.45, 7) is 0.570. The zero-order valence-corrected chi connectivity index (χ0v) is 15.8. The molecule has 1 saturated heterocycles. The predicted molar refractivity (Wildman–Crippen MR) is 103 cm³/mol. The largest absolute Gasteiger partial charge is 0.486 e. The first-order valence-corrected chi connectivity index (χ1v) is 9.74. The number of ether oxygens (including phenoxy) is 2. The summed E-state index contributed by atoms with van der Waals surface area (Å²) in [7, 11) is 0. The van der Waals surface area contributed by atoms with Gasteiger partial charge in [-0.2, -0.15) is 0 Å². The minimum atomic E-state index is -1.07. The molecule has 3 amide bonds. The highest BCUT2D eigenvalue weighted by atomic mass is 16.6. The third-order valence-corrected chi connectivity index (χ3v) is 5.82. The van der Waals surface area contributed by atoms with E-state index in [-0.39, 0.29) is 18.2 Å². The second kappa shape index (κ2) is 6.62. The van der Waals surface area contributed by atoms with Crippen molar-refractivity contribution < 1.29 is 23.9 Å². The van der Waals surface area contributed by atoms with E-state index in [4.69, 9.17) is 9.47 Å². The van der Waals surface area contributed by atoms with Crippen molar-refractivity contribution in [1.29, 1.82) is 0 Å². The van der Waals surface area contributed by atoms with E-state index in [0.29, 0.717) is 36.7 Å². The summed E-state index contributed by atoms with van der Waals surface area (Å²) in [5.41, 5.74) is 1.20. The maximum absolute atomic E-state index is 13.3. The van der Waals surface area contributed by atoms with Crippen LogP contribution in [0, 0.1) is 0 Å². The zero-order chi connectivity index (χ0) is 20.0. The Balaban J connectivity index is 1.41. The van der Waals surface area contributed by atoms with Gasteiger partial charge in [0.25, 0.3) is 5.91 Å². The minimum absolute atomic E-state index is 0.311. The van der Waals surface area contributed by atoms with Crippen molar-refractivity contribution in [1.82, 2.24) is 10.2 Å². The summed E-state index contributed by atoms with van der Waals surface area (Å²) < 4.78 is 11.0. The van der Waals surface area contributed by atoms with Gasteiger partial charge < -0.3 is 14.8 Å². The molecular formula is C22H20N2O5. The van der Waals surface area contributed by atoms with Gasteiger partial charge in [-0.05, 0) is 48.6 Å². The predicted octanol–water partition coefficient (Wildman–Crippen LogP) is 2.42. The molecule has 7 nitrogen and oxygen atoms in total. The van der Waals surface area contributed by atoms with Crippen molar-refractivity contribution in [2.45, 2.75) is 24.8 Å². The summed E-state index contributed by atoms with van der Waals surface area (Å²) in [5, 5.41) is 2.87. The number of hydrogen-bond donors (Lipinski definition) is 1. The Kier molecular flexibility index (Phi) is 4.04. The number of nitrogens with one attached hydrogen (secondary N) is 1. The van der Waals surface area contributed by atoms with Crippen molar-refractivity contribution in [2.24, 2.45) is 0 Å².